The number of anilines is 4. The fraction of sp³-hybridized carbons (Fsp3) is 0.0312. The summed E-state index contributed by atoms with van der Waals surface area (Å²) in [7, 11) is 0. The van der Waals surface area contributed by atoms with Crippen molar-refractivity contribution in [2.45, 2.75) is 6.92 Å². The van der Waals surface area contributed by atoms with Crippen molar-refractivity contribution in [3.63, 3.8) is 0 Å². The van der Waals surface area contributed by atoms with Crippen molar-refractivity contribution in [2.24, 2.45) is 0 Å². The van der Waals surface area contributed by atoms with E-state index in [0.29, 0.717) is 40.0 Å². The van der Waals surface area contributed by atoms with Crippen LogP contribution in [0.1, 0.15) is 17.3 Å². The summed E-state index contributed by atoms with van der Waals surface area (Å²) in [5, 5.41) is 13.4. The molecule has 43 heavy (non-hydrogen) atoms. The monoisotopic (exact) mass is 575 g/mol. The van der Waals surface area contributed by atoms with Gasteiger partial charge >= 0.3 is 0 Å². The van der Waals surface area contributed by atoms with Crippen LogP contribution in [0.2, 0.25) is 0 Å². The highest BCUT2D eigenvalue weighted by Gasteiger charge is 2.19. The van der Waals surface area contributed by atoms with E-state index < -0.39 is 23.1 Å². The number of rotatable bonds is 7. The summed E-state index contributed by atoms with van der Waals surface area (Å²) < 4.78 is 29.6. The molecule has 3 N–H and O–H groups in total. The van der Waals surface area contributed by atoms with E-state index in [1.807, 2.05) is 36.5 Å². The number of nitrogens with zero attached hydrogens (tertiary/aromatic N) is 4. The van der Waals surface area contributed by atoms with Gasteiger partial charge in [-0.2, -0.15) is 5.10 Å². The minimum atomic E-state index is -0.826. The molecule has 3 aromatic heterocycles. The van der Waals surface area contributed by atoms with Gasteiger partial charge in [0.2, 0.25) is 11.9 Å². The molecule has 6 aromatic rings. The van der Waals surface area contributed by atoms with Gasteiger partial charge in [-0.15, -0.1) is 0 Å². The first-order chi connectivity index (χ1) is 20.8. The molecule has 0 radical (unpaired) electrons. The molecule has 0 unspecified atom stereocenters. The number of carbonyl (C=O) groups is 2. The van der Waals surface area contributed by atoms with Gasteiger partial charge in [0.25, 0.3) is 5.91 Å². The van der Waals surface area contributed by atoms with Gasteiger partial charge < -0.3 is 16.0 Å². The van der Waals surface area contributed by atoms with Crippen molar-refractivity contribution in [1.82, 2.24) is 19.6 Å². The smallest absolute Gasteiger partial charge is 0.258 e. The lowest BCUT2D eigenvalue weighted by atomic mass is 10.0. The van der Waals surface area contributed by atoms with Gasteiger partial charge in [-0.25, -0.2) is 23.3 Å². The fourth-order valence-electron chi connectivity index (χ4n) is 4.63. The Morgan fingerprint density at radius 1 is 0.814 bits per heavy atom. The van der Waals surface area contributed by atoms with Crippen LogP contribution in [0.4, 0.5) is 31.8 Å². The van der Waals surface area contributed by atoms with Crippen LogP contribution in [-0.4, -0.2) is 31.4 Å². The van der Waals surface area contributed by atoms with Crippen LogP contribution in [0, 0.1) is 11.6 Å². The largest absolute Gasteiger partial charge is 0.326 e. The molecule has 3 heterocycles. The zero-order valence-corrected chi connectivity index (χ0v) is 22.7. The molecule has 0 aliphatic heterocycles. The SMILES string of the molecule is CC(=O)Nc1cccc(Nc2nccc(-c3c(-c4cccc(NC(=O)c5cc(F)ccc5F)c4)nn4ccccc34)n2)c1. The maximum atomic E-state index is 14.2. The number of amides is 2. The van der Waals surface area contributed by atoms with Crippen molar-refractivity contribution in [3.05, 3.63) is 121 Å². The van der Waals surface area contributed by atoms with E-state index in [1.54, 1.807) is 53.2 Å². The summed E-state index contributed by atoms with van der Waals surface area (Å²) in [6, 6.07) is 24.2. The van der Waals surface area contributed by atoms with Crippen LogP contribution in [0.3, 0.4) is 0 Å². The summed E-state index contributed by atoms with van der Waals surface area (Å²) in [6.07, 6.45) is 3.44. The molecule has 11 heteroatoms. The molecule has 212 valence electrons. The Labute approximate surface area is 244 Å². The average molecular weight is 576 g/mol. The standard InChI is InChI=1S/C32H23F2N7O2/c1-19(42)36-23-8-5-9-24(18-23)38-32-35-14-13-27(39-32)29-28-10-2-3-15-41(28)40-30(29)20-6-4-7-22(16-20)37-31(43)25-17-21(33)11-12-26(25)34/h2-18H,1H3,(H,36,42)(H,37,43)(H,35,38,39). The summed E-state index contributed by atoms with van der Waals surface area (Å²) in [4.78, 5) is 33.3. The topological polar surface area (TPSA) is 113 Å². The van der Waals surface area contributed by atoms with Crippen molar-refractivity contribution in [2.75, 3.05) is 16.0 Å². The zero-order valence-electron chi connectivity index (χ0n) is 22.7. The third-order valence-corrected chi connectivity index (χ3v) is 6.46. The van der Waals surface area contributed by atoms with E-state index in [9.17, 15) is 18.4 Å². The second kappa shape index (κ2) is 11.5. The average Bonchev–Trinajstić information content (AvgIpc) is 3.38. The van der Waals surface area contributed by atoms with Crippen LogP contribution in [0.15, 0.2) is 103 Å². The van der Waals surface area contributed by atoms with Crippen molar-refractivity contribution in [3.8, 4) is 22.5 Å². The van der Waals surface area contributed by atoms with E-state index in [4.69, 9.17) is 10.1 Å². The highest BCUT2D eigenvalue weighted by molar-refractivity contribution is 6.05. The minimum absolute atomic E-state index is 0.180. The van der Waals surface area contributed by atoms with Gasteiger partial charge in [0, 0.05) is 41.9 Å². The summed E-state index contributed by atoms with van der Waals surface area (Å²) in [6.45, 7) is 1.44. The van der Waals surface area contributed by atoms with E-state index in [1.165, 1.54) is 6.92 Å². The van der Waals surface area contributed by atoms with Gasteiger partial charge in [0.05, 0.1) is 22.3 Å². The van der Waals surface area contributed by atoms with Crippen LogP contribution in [-0.2, 0) is 4.79 Å². The molecular weight excluding hydrogens is 552 g/mol. The molecule has 0 fully saturated rings. The second-order valence-electron chi connectivity index (χ2n) is 9.57. The Bertz CT molecular complexity index is 2010. The molecule has 2 amide bonds. The highest BCUT2D eigenvalue weighted by atomic mass is 19.1. The normalized spacial score (nSPS) is 10.9. The summed E-state index contributed by atoms with van der Waals surface area (Å²) >= 11 is 0. The third-order valence-electron chi connectivity index (χ3n) is 6.46. The number of nitrogens with one attached hydrogen (secondary N) is 3. The maximum Gasteiger partial charge on any atom is 0.258 e. The molecule has 0 aliphatic carbocycles. The molecule has 3 aromatic carbocycles. The van der Waals surface area contributed by atoms with Gasteiger partial charge in [-0.3, -0.25) is 9.59 Å². The molecule has 0 atom stereocenters. The van der Waals surface area contributed by atoms with Crippen LogP contribution >= 0.6 is 0 Å². The predicted molar refractivity (Wildman–Crippen MR) is 160 cm³/mol. The number of halogens is 2. The highest BCUT2D eigenvalue weighted by Crippen LogP contribution is 2.35. The molecule has 0 spiro atoms. The van der Waals surface area contributed by atoms with E-state index in [2.05, 4.69) is 20.9 Å². The lowest BCUT2D eigenvalue weighted by Crippen LogP contribution is -2.14. The minimum Gasteiger partial charge on any atom is -0.326 e. The Kier molecular flexibility index (Phi) is 7.27. The molecule has 9 nitrogen and oxygen atoms in total. The molecule has 0 bridgehead atoms. The van der Waals surface area contributed by atoms with E-state index in [-0.39, 0.29) is 5.91 Å². The van der Waals surface area contributed by atoms with E-state index in [0.717, 1.165) is 29.3 Å². The van der Waals surface area contributed by atoms with Crippen LogP contribution in [0.25, 0.3) is 28.0 Å². The Morgan fingerprint density at radius 2 is 1.60 bits per heavy atom. The molecular formula is C32H23F2N7O2. The molecule has 6 rings (SSSR count). The Hall–Kier alpha value is -5.97. The van der Waals surface area contributed by atoms with Crippen LogP contribution < -0.4 is 16.0 Å². The Morgan fingerprint density at radius 3 is 2.44 bits per heavy atom. The van der Waals surface area contributed by atoms with Gasteiger partial charge in [0.1, 0.15) is 17.3 Å². The second-order valence-corrected chi connectivity index (χ2v) is 9.57. The first-order valence-corrected chi connectivity index (χ1v) is 13.2. The third kappa shape index (κ3) is 5.91. The number of hydrogen-bond acceptors (Lipinski definition) is 6. The lowest BCUT2D eigenvalue weighted by Gasteiger charge is -2.10. The summed E-state index contributed by atoms with van der Waals surface area (Å²) in [5.41, 5.74) is 4.61. The lowest BCUT2D eigenvalue weighted by molar-refractivity contribution is -0.114. The summed E-state index contributed by atoms with van der Waals surface area (Å²) in [5.74, 6) is -2.17. The number of hydrogen-bond donors (Lipinski definition) is 3. The fourth-order valence-corrected chi connectivity index (χ4v) is 4.63. The predicted octanol–water partition coefficient (Wildman–Crippen LogP) is 6.69. The first-order valence-electron chi connectivity index (χ1n) is 13.2. The molecule has 0 aliphatic rings. The Balaban J connectivity index is 1.36. The van der Waals surface area contributed by atoms with Gasteiger partial charge in [0.15, 0.2) is 0 Å². The number of fused-ring (bicyclic) bond motifs is 1. The van der Waals surface area contributed by atoms with Gasteiger partial charge in [-0.05, 0) is 66.7 Å². The van der Waals surface area contributed by atoms with E-state index >= 15 is 0 Å². The van der Waals surface area contributed by atoms with Crippen molar-refractivity contribution >= 4 is 40.3 Å². The number of carbonyl (C=O) groups excluding carboxylic acids is 2. The van der Waals surface area contributed by atoms with Crippen LogP contribution in [0.5, 0.6) is 0 Å². The first kappa shape index (κ1) is 27.2. The molecule has 0 saturated carbocycles. The van der Waals surface area contributed by atoms with Crippen molar-refractivity contribution in [1.29, 1.82) is 0 Å². The molecule has 0 saturated heterocycles. The number of benzene rings is 3. The van der Waals surface area contributed by atoms with Gasteiger partial charge in [-0.1, -0.05) is 24.3 Å². The maximum absolute atomic E-state index is 14.2. The zero-order chi connectivity index (χ0) is 29.9. The number of pyridine rings is 1. The quantitative estimate of drug-likeness (QED) is 0.196. The van der Waals surface area contributed by atoms with Crippen molar-refractivity contribution < 1.29 is 18.4 Å². The number of aromatic nitrogens is 4.